The Balaban J connectivity index is 2.17. The van der Waals surface area contributed by atoms with Gasteiger partial charge in [0.25, 0.3) is 0 Å². The van der Waals surface area contributed by atoms with Gasteiger partial charge in [-0.2, -0.15) is 0 Å². The van der Waals surface area contributed by atoms with E-state index in [1.165, 1.54) is 21.1 Å². The highest BCUT2D eigenvalue weighted by atomic mass is 32.1. The minimum absolute atomic E-state index is 0.645. The van der Waals surface area contributed by atoms with E-state index in [1.807, 2.05) is 30.8 Å². The SMILES string of the molecule is CNCc1sc(Cc2ccncc2)nc1CC(C)C. The van der Waals surface area contributed by atoms with Crippen LogP contribution >= 0.6 is 11.3 Å². The Kier molecular flexibility index (Phi) is 5.05. The molecule has 102 valence electrons. The average molecular weight is 275 g/mol. The maximum Gasteiger partial charge on any atom is 0.0975 e. The van der Waals surface area contributed by atoms with Gasteiger partial charge in [0.15, 0.2) is 0 Å². The molecule has 0 atom stereocenters. The number of rotatable bonds is 6. The summed E-state index contributed by atoms with van der Waals surface area (Å²) in [6.45, 7) is 5.39. The third-order valence-corrected chi connectivity index (χ3v) is 3.96. The van der Waals surface area contributed by atoms with Gasteiger partial charge in [-0.05, 0) is 37.1 Å². The van der Waals surface area contributed by atoms with E-state index in [2.05, 4.69) is 36.3 Å². The Labute approximate surface area is 119 Å². The number of hydrogen-bond donors (Lipinski definition) is 1. The van der Waals surface area contributed by atoms with Crippen molar-refractivity contribution in [3.05, 3.63) is 45.7 Å². The van der Waals surface area contributed by atoms with E-state index in [9.17, 15) is 0 Å². The lowest BCUT2D eigenvalue weighted by Crippen LogP contribution is -2.07. The molecule has 0 amide bonds. The fourth-order valence-electron chi connectivity index (χ4n) is 2.03. The largest absolute Gasteiger partial charge is 0.315 e. The molecule has 1 N–H and O–H groups in total. The van der Waals surface area contributed by atoms with Crippen LogP contribution in [-0.4, -0.2) is 17.0 Å². The second kappa shape index (κ2) is 6.78. The van der Waals surface area contributed by atoms with Crippen LogP contribution in [0.1, 0.15) is 35.0 Å². The van der Waals surface area contributed by atoms with Crippen LogP contribution in [0, 0.1) is 5.92 Å². The molecule has 0 aliphatic heterocycles. The first-order chi connectivity index (χ1) is 9.19. The van der Waals surface area contributed by atoms with Gasteiger partial charge < -0.3 is 5.32 Å². The van der Waals surface area contributed by atoms with Gasteiger partial charge in [0.1, 0.15) is 0 Å². The lowest BCUT2D eigenvalue weighted by Gasteiger charge is -2.03. The van der Waals surface area contributed by atoms with E-state index in [-0.39, 0.29) is 0 Å². The van der Waals surface area contributed by atoms with Crippen LogP contribution in [0.4, 0.5) is 0 Å². The molecule has 0 unspecified atom stereocenters. The molecule has 0 saturated heterocycles. The van der Waals surface area contributed by atoms with E-state index in [0.29, 0.717) is 5.92 Å². The van der Waals surface area contributed by atoms with Crippen LogP contribution in [-0.2, 0) is 19.4 Å². The molecule has 2 rings (SSSR count). The molecule has 19 heavy (non-hydrogen) atoms. The molecule has 2 aromatic heterocycles. The van der Waals surface area contributed by atoms with Gasteiger partial charge in [-0.25, -0.2) is 4.98 Å². The summed E-state index contributed by atoms with van der Waals surface area (Å²) >= 11 is 1.83. The molecule has 0 fully saturated rings. The van der Waals surface area contributed by atoms with Crippen LogP contribution in [0.25, 0.3) is 0 Å². The smallest absolute Gasteiger partial charge is 0.0975 e. The molecule has 0 aliphatic rings. The minimum Gasteiger partial charge on any atom is -0.315 e. The maximum atomic E-state index is 4.82. The topological polar surface area (TPSA) is 37.8 Å². The number of nitrogens with zero attached hydrogens (tertiary/aromatic N) is 2. The Hall–Kier alpha value is -1.26. The highest BCUT2D eigenvalue weighted by Gasteiger charge is 2.12. The zero-order chi connectivity index (χ0) is 13.7. The van der Waals surface area contributed by atoms with Crippen molar-refractivity contribution >= 4 is 11.3 Å². The summed E-state index contributed by atoms with van der Waals surface area (Å²) in [5.41, 5.74) is 2.54. The van der Waals surface area contributed by atoms with Crippen molar-refractivity contribution in [2.75, 3.05) is 7.05 Å². The molecule has 3 nitrogen and oxygen atoms in total. The standard InChI is InChI=1S/C15H21N3S/c1-11(2)8-13-14(10-16-3)19-15(18-13)9-12-4-6-17-7-5-12/h4-7,11,16H,8-10H2,1-3H3. The van der Waals surface area contributed by atoms with E-state index in [4.69, 9.17) is 4.98 Å². The van der Waals surface area contributed by atoms with Crippen molar-refractivity contribution in [3.8, 4) is 0 Å². The van der Waals surface area contributed by atoms with E-state index in [0.717, 1.165) is 19.4 Å². The van der Waals surface area contributed by atoms with Crippen molar-refractivity contribution in [2.45, 2.75) is 33.2 Å². The van der Waals surface area contributed by atoms with Crippen LogP contribution in [0.3, 0.4) is 0 Å². The van der Waals surface area contributed by atoms with E-state index >= 15 is 0 Å². The molecule has 0 radical (unpaired) electrons. The van der Waals surface area contributed by atoms with E-state index in [1.54, 1.807) is 0 Å². The third kappa shape index (κ3) is 4.11. The highest BCUT2D eigenvalue weighted by Crippen LogP contribution is 2.23. The van der Waals surface area contributed by atoms with Gasteiger partial charge in [-0.15, -0.1) is 11.3 Å². The van der Waals surface area contributed by atoms with Crippen LogP contribution in [0.15, 0.2) is 24.5 Å². The van der Waals surface area contributed by atoms with Gasteiger partial charge >= 0.3 is 0 Å². The van der Waals surface area contributed by atoms with Crippen LogP contribution in [0.5, 0.6) is 0 Å². The summed E-state index contributed by atoms with van der Waals surface area (Å²) in [7, 11) is 1.99. The summed E-state index contributed by atoms with van der Waals surface area (Å²) in [6, 6.07) is 4.11. The van der Waals surface area contributed by atoms with Gasteiger partial charge in [-0.1, -0.05) is 13.8 Å². The average Bonchev–Trinajstić information content (AvgIpc) is 2.72. The lowest BCUT2D eigenvalue weighted by atomic mass is 10.1. The summed E-state index contributed by atoms with van der Waals surface area (Å²) in [6.07, 6.45) is 5.64. The molecule has 2 aromatic rings. The summed E-state index contributed by atoms with van der Waals surface area (Å²) in [4.78, 5) is 10.2. The first kappa shape index (κ1) is 14.2. The maximum absolute atomic E-state index is 4.82. The molecule has 0 aromatic carbocycles. The number of aromatic nitrogens is 2. The number of nitrogens with one attached hydrogen (secondary N) is 1. The predicted octanol–water partition coefficient (Wildman–Crippen LogP) is 3.05. The number of thiazole rings is 1. The van der Waals surface area contributed by atoms with Crippen molar-refractivity contribution < 1.29 is 0 Å². The Morgan fingerprint density at radius 2 is 2.00 bits per heavy atom. The Bertz CT molecular complexity index is 505. The fraction of sp³-hybridized carbons (Fsp3) is 0.467. The van der Waals surface area contributed by atoms with Crippen LogP contribution in [0.2, 0.25) is 0 Å². The van der Waals surface area contributed by atoms with E-state index < -0.39 is 0 Å². The fourth-order valence-corrected chi connectivity index (χ4v) is 3.17. The van der Waals surface area contributed by atoms with Crippen molar-refractivity contribution in [1.29, 1.82) is 0 Å². The van der Waals surface area contributed by atoms with Crippen molar-refractivity contribution in [3.63, 3.8) is 0 Å². The first-order valence-electron chi connectivity index (χ1n) is 6.70. The Morgan fingerprint density at radius 1 is 1.26 bits per heavy atom. The van der Waals surface area contributed by atoms with Crippen LogP contribution < -0.4 is 5.32 Å². The minimum atomic E-state index is 0.645. The second-order valence-electron chi connectivity index (χ2n) is 5.14. The highest BCUT2D eigenvalue weighted by molar-refractivity contribution is 7.11. The normalized spacial score (nSPS) is 11.2. The molecular formula is C15H21N3S. The molecular weight excluding hydrogens is 254 g/mol. The van der Waals surface area contributed by atoms with Crippen molar-refractivity contribution in [2.24, 2.45) is 5.92 Å². The van der Waals surface area contributed by atoms with Gasteiger partial charge in [-0.3, -0.25) is 4.98 Å². The second-order valence-corrected chi connectivity index (χ2v) is 6.31. The van der Waals surface area contributed by atoms with Gasteiger partial charge in [0.2, 0.25) is 0 Å². The summed E-state index contributed by atoms with van der Waals surface area (Å²) < 4.78 is 0. The summed E-state index contributed by atoms with van der Waals surface area (Å²) in [5, 5.41) is 4.44. The zero-order valence-electron chi connectivity index (χ0n) is 11.8. The Morgan fingerprint density at radius 3 is 2.63 bits per heavy atom. The number of hydrogen-bond acceptors (Lipinski definition) is 4. The summed E-state index contributed by atoms with van der Waals surface area (Å²) in [5.74, 6) is 0.645. The molecule has 0 saturated carbocycles. The monoisotopic (exact) mass is 275 g/mol. The number of pyridine rings is 1. The molecule has 0 bridgehead atoms. The molecule has 2 heterocycles. The molecule has 4 heteroatoms. The zero-order valence-corrected chi connectivity index (χ0v) is 12.6. The molecule has 0 aliphatic carbocycles. The van der Waals surface area contributed by atoms with Gasteiger partial charge in [0, 0.05) is 30.2 Å². The predicted molar refractivity (Wildman–Crippen MR) is 80.5 cm³/mol. The lowest BCUT2D eigenvalue weighted by molar-refractivity contribution is 0.629. The third-order valence-electron chi connectivity index (χ3n) is 2.87. The quantitative estimate of drug-likeness (QED) is 0.880. The van der Waals surface area contributed by atoms with Gasteiger partial charge in [0.05, 0.1) is 10.7 Å². The first-order valence-corrected chi connectivity index (χ1v) is 7.51. The van der Waals surface area contributed by atoms with Crippen molar-refractivity contribution in [1.82, 2.24) is 15.3 Å². The molecule has 0 spiro atoms.